The molecule has 4 aromatic rings. The van der Waals surface area contributed by atoms with Crippen LogP contribution >= 0.6 is 0 Å². The number of benzene rings is 3. The van der Waals surface area contributed by atoms with Gasteiger partial charge in [-0.1, -0.05) is 62.0 Å². The zero-order valence-electron chi connectivity index (χ0n) is 18.5. The molecule has 3 aromatic carbocycles. The van der Waals surface area contributed by atoms with E-state index in [2.05, 4.69) is 53.4 Å². The van der Waals surface area contributed by atoms with Crippen molar-refractivity contribution >= 4 is 34.7 Å². The third-order valence-electron chi connectivity index (χ3n) is 5.37. The average molecular weight is 439 g/mol. The maximum absolute atomic E-state index is 11.1. The molecule has 0 saturated heterocycles. The fraction of sp³-hybridized carbons (Fsp3) is 0.148. The van der Waals surface area contributed by atoms with Gasteiger partial charge in [0.1, 0.15) is 5.82 Å². The van der Waals surface area contributed by atoms with Crippen LogP contribution in [-0.2, 0) is 6.54 Å². The minimum Gasteiger partial charge on any atom is -0.478 e. The van der Waals surface area contributed by atoms with E-state index in [9.17, 15) is 4.79 Å². The Labute approximate surface area is 193 Å². The van der Waals surface area contributed by atoms with Gasteiger partial charge in [-0.2, -0.15) is 4.98 Å². The molecule has 0 fully saturated rings. The van der Waals surface area contributed by atoms with Crippen LogP contribution in [0.1, 0.15) is 34.8 Å². The van der Waals surface area contributed by atoms with Crippen LogP contribution < -0.4 is 10.6 Å². The Morgan fingerprint density at radius 3 is 2.36 bits per heavy atom. The maximum atomic E-state index is 11.1. The largest absolute Gasteiger partial charge is 0.478 e. The Morgan fingerprint density at radius 1 is 0.970 bits per heavy atom. The average Bonchev–Trinajstić information content (AvgIpc) is 2.86. The molecule has 0 aliphatic rings. The molecule has 0 aliphatic carbocycles. The number of fused-ring (bicyclic) bond motifs is 1. The van der Waals surface area contributed by atoms with Crippen molar-refractivity contribution < 1.29 is 9.90 Å². The minimum atomic E-state index is -0.933. The molecule has 0 bridgehead atoms. The van der Waals surface area contributed by atoms with Crippen molar-refractivity contribution in [2.45, 2.75) is 19.9 Å². The Hall–Kier alpha value is -4.19. The van der Waals surface area contributed by atoms with E-state index in [0.29, 0.717) is 12.5 Å². The number of carboxylic acid groups (broad SMARTS) is 1. The number of carbonyl (C=O) groups is 1. The fourth-order valence-electron chi connectivity index (χ4n) is 3.52. The summed E-state index contributed by atoms with van der Waals surface area (Å²) in [5, 5.41) is 16.7. The third kappa shape index (κ3) is 5.18. The lowest BCUT2D eigenvalue weighted by atomic mass is 10.0. The molecular formula is C27H26N4O2. The van der Waals surface area contributed by atoms with Gasteiger partial charge in [-0.25, -0.2) is 9.78 Å². The highest BCUT2D eigenvalue weighted by atomic mass is 16.4. The van der Waals surface area contributed by atoms with Crippen molar-refractivity contribution in [1.82, 2.24) is 9.97 Å². The van der Waals surface area contributed by atoms with E-state index >= 15 is 0 Å². The second kappa shape index (κ2) is 9.96. The Kier molecular flexibility index (Phi) is 6.64. The van der Waals surface area contributed by atoms with Crippen LogP contribution in [0, 0.1) is 0 Å². The number of nitrogens with one attached hydrogen (secondary N) is 2. The molecule has 0 saturated carbocycles. The molecule has 3 N–H and O–H groups in total. The predicted octanol–water partition coefficient (Wildman–Crippen LogP) is 6.07. The first kappa shape index (κ1) is 22.0. The zero-order valence-corrected chi connectivity index (χ0v) is 18.5. The van der Waals surface area contributed by atoms with Crippen LogP contribution in [0.4, 0.5) is 11.8 Å². The lowest BCUT2D eigenvalue weighted by molar-refractivity contribution is 0.0697. The molecule has 0 amide bonds. The van der Waals surface area contributed by atoms with Crippen LogP contribution in [0.3, 0.4) is 0 Å². The molecule has 0 radical (unpaired) electrons. The number of nitrogens with zero attached hydrogens (tertiary/aromatic N) is 2. The summed E-state index contributed by atoms with van der Waals surface area (Å²) in [7, 11) is 0. The number of aromatic carboxylic acids is 1. The molecule has 0 aliphatic heterocycles. The monoisotopic (exact) mass is 438 g/mol. The number of anilines is 2. The first-order valence-electron chi connectivity index (χ1n) is 10.9. The van der Waals surface area contributed by atoms with E-state index in [1.807, 2.05) is 24.3 Å². The minimum absolute atomic E-state index is 0.269. The van der Waals surface area contributed by atoms with Crippen molar-refractivity contribution in [2.24, 2.45) is 0 Å². The standard InChI is InChI=1S/C27H26N4O2/c1-3-15-28-27-30-24-16-22(20-9-5-18(4-2)6-10-20)13-14-23(24)25(31-27)29-17-19-7-11-21(12-8-19)26(32)33/h4-14,16H,2-3,15,17H2,1H3,(H,32,33)(H2,28,29,30,31). The van der Waals surface area contributed by atoms with Gasteiger partial charge >= 0.3 is 5.97 Å². The summed E-state index contributed by atoms with van der Waals surface area (Å²) < 4.78 is 0. The molecule has 6 nitrogen and oxygen atoms in total. The zero-order chi connectivity index (χ0) is 23.2. The van der Waals surface area contributed by atoms with Crippen LogP contribution in [0.2, 0.25) is 0 Å². The van der Waals surface area contributed by atoms with E-state index in [-0.39, 0.29) is 5.56 Å². The fourth-order valence-corrected chi connectivity index (χ4v) is 3.52. The van der Waals surface area contributed by atoms with Gasteiger partial charge in [0.15, 0.2) is 0 Å². The van der Waals surface area contributed by atoms with Gasteiger partial charge in [-0.15, -0.1) is 0 Å². The van der Waals surface area contributed by atoms with Crippen molar-refractivity contribution in [3.05, 3.63) is 90.0 Å². The van der Waals surface area contributed by atoms with Crippen LogP contribution in [0.15, 0.2) is 73.3 Å². The highest BCUT2D eigenvalue weighted by Gasteiger charge is 2.10. The Balaban J connectivity index is 1.66. The van der Waals surface area contributed by atoms with Gasteiger partial charge in [0.05, 0.1) is 11.1 Å². The van der Waals surface area contributed by atoms with Gasteiger partial charge in [0.25, 0.3) is 0 Å². The Bertz CT molecular complexity index is 1280. The normalized spacial score (nSPS) is 10.7. The van der Waals surface area contributed by atoms with E-state index in [1.54, 1.807) is 24.3 Å². The number of hydrogen-bond acceptors (Lipinski definition) is 5. The summed E-state index contributed by atoms with van der Waals surface area (Å²) in [5.74, 6) is 0.375. The van der Waals surface area contributed by atoms with Crippen LogP contribution in [-0.4, -0.2) is 27.6 Å². The summed E-state index contributed by atoms with van der Waals surface area (Å²) in [6.45, 7) is 7.21. The van der Waals surface area contributed by atoms with Crippen LogP contribution in [0.25, 0.3) is 28.1 Å². The molecule has 0 spiro atoms. The first-order chi connectivity index (χ1) is 16.1. The number of hydrogen-bond donors (Lipinski definition) is 3. The summed E-state index contributed by atoms with van der Waals surface area (Å²) in [6.07, 6.45) is 2.80. The molecule has 1 aromatic heterocycles. The molecule has 1 heterocycles. The summed E-state index contributed by atoms with van der Waals surface area (Å²) in [4.78, 5) is 20.5. The highest BCUT2D eigenvalue weighted by Crippen LogP contribution is 2.28. The first-order valence-corrected chi connectivity index (χ1v) is 10.9. The SMILES string of the molecule is C=Cc1ccc(-c2ccc3c(NCc4ccc(C(=O)O)cc4)nc(NCCC)nc3c2)cc1. The quantitative estimate of drug-likeness (QED) is 0.294. The van der Waals surface area contributed by atoms with Gasteiger partial charge in [-0.3, -0.25) is 0 Å². The number of carboxylic acids is 1. The van der Waals surface area contributed by atoms with Crippen molar-refractivity contribution in [2.75, 3.05) is 17.2 Å². The van der Waals surface area contributed by atoms with Crippen molar-refractivity contribution in [1.29, 1.82) is 0 Å². The van der Waals surface area contributed by atoms with E-state index < -0.39 is 5.97 Å². The molecule has 33 heavy (non-hydrogen) atoms. The smallest absolute Gasteiger partial charge is 0.335 e. The second-order valence-corrected chi connectivity index (χ2v) is 7.74. The molecular weight excluding hydrogens is 412 g/mol. The summed E-state index contributed by atoms with van der Waals surface area (Å²) >= 11 is 0. The van der Waals surface area contributed by atoms with E-state index in [4.69, 9.17) is 10.1 Å². The lowest BCUT2D eigenvalue weighted by Gasteiger charge is -2.13. The molecule has 4 rings (SSSR count). The van der Waals surface area contributed by atoms with Gasteiger partial charge < -0.3 is 15.7 Å². The molecule has 6 heteroatoms. The molecule has 0 atom stereocenters. The maximum Gasteiger partial charge on any atom is 0.335 e. The molecule has 0 unspecified atom stereocenters. The van der Waals surface area contributed by atoms with Crippen molar-refractivity contribution in [3.8, 4) is 11.1 Å². The second-order valence-electron chi connectivity index (χ2n) is 7.74. The number of aromatic nitrogens is 2. The number of rotatable bonds is 9. The van der Waals surface area contributed by atoms with Crippen LogP contribution in [0.5, 0.6) is 0 Å². The van der Waals surface area contributed by atoms with Gasteiger partial charge in [0, 0.05) is 18.5 Å². The summed E-state index contributed by atoms with van der Waals surface area (Å²) in [5.41, 5.74) is 5.35. The van der Waals surface area contributed by atoms with E-state index in [0.717, 1.165) is 51.9 Å². The third-order valence-corrected chi connectivity index (χ3v) is 5.37. The van der Waals surface area contributed by atoms with Gasteiger partial charge in [0.2, 0.25) is 5.95 Å². The highest BCUT2D eigenvalue weighted by molar-refractivity contribution is 5.93. The van der Waals surface area contributed by atoms with Gasteiger partial charge in [-0.05, 0) is 52.9 Å². The Morgan fingerprint density at radius 2 is 1.70 bits per heavy atom. The molecule has 166 valence electrons. The lowest BCUT2D eigenvalue weighted by Crippen LogP contribution is -2.08. The topological polar surface area (TPSA) is 87.1 Å². The predicted molar refractivity (Wildman–Crippen MR) is 135 cm³/mol. The summed E-state index contributed by atoms with van der Waals surface area (Å²) in [6, 6.07) is 21.3. The van der Waals surface area contributed by atoms with Crippen molar-refractivity contribution in [3.63, 3.8) is 0 Å². The van der Waals surface area contributed by atoms with E-state index in [1.165, 1.54) is 0 Å².